The number of carbonyl (C=O) groups is 2. The zero-order valence-corrected chi connectivity index (χ0v) is 22.4. The van der Waals surface area contributed by atoms with Crippen molar-refractivity contribution in [3.63, 3.8) is 0 Å². The summed E-state index contributed by atoms with van der Waals surface area (Å²) in [5, 5.41) is 9.95. The molecule has 0 unspecified atom stereocenters. The number of ether oxygens (including phenoxy) is 5. The lowest BCUT2D eigenvalue weighted by molar-refractivity contribution is -0.0244. The molecule has 0 saturated heterocycles. The van der Waals surface area contributed by atoms with E-state index in [1.165, 1.54) is 21.3 Å². The van der Waals surface area contributed by atoms with E-state index >= 15 is 0 Å². The van der Waals surface area contributed by atoms with E-state index in [0.717, 1.165) is 12.8 Å². The van der Waals surface area contributed by atoms with Gasteiger partial charge < -0.3 is 33.7 Å². The lowest BCUT2D eigenvalue weighted by Gasteiger charge is -2.43. The Hall–Kier alpha value is -2.68. The molecule has 2 fully saturated rings. The van der Waals surface area contributed by atoms with Crippen LogP contribution in [0, 0.1) is 0 Å². The number of aliphatic hydroxyl groups is 1. The number of hydrogen-bond donors (Lipinski definition) is 1. The quantitative estimate of drug-likeness (QED) is 0.529. The molecule has 1 aromatic carbocycles. The molecule has 0 bridgehead atoms. The smallest absolute Gasteiger partial charge is 0.410 e. The van der Waals surface area contributed by atoms with E-state index in [0.29, 0.717) is 61.3 Å². The molecule has 0 aromatic heterocycles. The first-order valence-electron chi connectivity index (χ1n) is 12.8. The Labute approximate surface area is 214 Å². The van der Waals surface area contributed by atoms with Crippen molar-refractivity contribution < 1.29 is 38.4 Å². The Morgan fingerprint density at radius 2 is 1.33 bits per heavy atom. The van der Waals surface area contributed by atoms with Gasteiger partial charge in [-0.05, 0) is 84.3 Å². The van der Waals surface area contributed by atoms with Gasteiger partial charge in [0.25, 0.3) is 0 Å². The van der Waals surface area contributed by atoms with Crippen molar-refractivity contribution in [2.75, 3.05) is 21.3 Å². The van der Waals surface area contributed by atoms with E-state index in [9.17, 15) is 14.7 Å². The SMILES string of the molecule is COc1cc(C(=O)OC2CCC(N(C(=O)OC(C)(C)C)C3CCC(O)CC3)CC2)cc(OC)c1OC. The van der Waals surface area contributed by atoms with Crippen LogP contribution >= 0.6 is 0 Å². The lowest BCUT2D eigenvalue weighted by atomic mass is 9.87. The monoisotopic (exact) mass is 507 g/mol. The fourth-order valence-corrected chi connectivity index (χ4v) is 5.11. The molecule has 9 nitrogen and oxygen atoms in total. The van der Waals surface area contributed by atoms with E-state index in [4.69, 9.17) is 23.7 Å². The van der Waals surface area contributed by atoms with Crippen LogP contribution < -0.4 is 14.2 Å². The molecule has 2 saturated carbocycles. The van der Waals surface area contributed by atoms with Gasteiger partial charge in [-0.1, -0.05) is 0 Å². The fourth-order valence-electron chi connectivity index (χ4n) is 5.11. The van der Waals surface area contributed by atoms with Crippen molar-refractivity contribution >= 4 is 12.1 Å². The second-order valence-corrected chi connectivity index (χ2v) is 10.6. The summed E-state index contributed by atoms with van der Waals surface area (Å²) in [6, 6.07) is 3.22. The third-order valence-corrected chi connectivity index (χ3v) is 6.88. The van der Waals surface area contributed by atoms with Gasteiger partial charge in [0.2, 0.25) is 5.75 Å². The third kappa shape index (κ3) is 6.96. The molecule has 202 valence electrons. The van der Waals surface area contributed by atoms with Crippen LogP contribution in [0.15, 0.2) is 12.1 Å². The molecule has 36 heavy (non-hydrogen) atoms. The highest BCUT2D eigenvalue weighted by atomic mass is 16.6. The number of aliphatic hydroxyl groups excluding tert-OH is 1. The number of esters is 1. The summed E-state index contributed by atoms with van der Waals surface area (Å²) in [4.78, 5) is 28.0. The van der Waals surface area contributed by atoms with Crippen LogP contribution in [0.4, 0.5) is 4.79 Å². The van der Waals surface area contributed by atoms with E-state index < -0.39 is 11.6 Å². The van der Waals surface area contributed by atoms with Crippen molar-refractivity contribution in [1.82, 2.24) is 4.90 Å². The Morgan fingerprint density at radius 3 is 1.78 bits per heavy atom. The summed E-state index contributed by atoms with van der Waals surface area (Å²) < 4.78 is 27.6. The maximum Gasteiger partial charge on any atom is 0.410 e. The Bertz CT molecular complexity index is 871. The number of methoxy groups -OCH3 is 3. The first kappa shape index (κ1) is 27.9. The molecule has 0 radical (unpaired) electrons. The summed E-state index contributed by atoms with van der Waals surface area (Å²) in [6.45, 7) is 5.60. The summed E-state index contributed by atoms with van der Waals surface area (Å²) in [7, 11) is 4.50. The normalized spacial score (nSPS) is 24.4. The molecular formula is C27H41NO8. The molecule has 2 aliphatic carbocycles. The van der Waals surface area contributed by atoms with Gasteiger partial charge in [0.05, 0.1) is 33.0 Å². The van der Waals surface area contributed by atoms with Crippen molar-refractivity contribution in [2.24, 2.45) is 0 Å². The fraction of sp³-hybridized carbons (Fsp3) is 0.704. The maximum atomic E-state index is 13.2. The Morgan fingerprint density at radius 1 is 0.833 bits per heavy atom. The van der Waals surface area contributed by atoms with Gasteiger partial charge in [-0.3, -0.25) is 0 Å². The van der Waals surface area contributed by atoms with E-state index in [-0.39, 0.29) is 30.4 Å². The standard InChI is InChI=1S/C27H41NO8/c1-27(2,3)36-26(31)28(18-7-11-20(29)12-8-18)19-9-13-21(14-10-19)35-25(30)17-15-22(32-4)24(34-6)23(16-17)33-5/h15-16,18-21,29H,7-14H2,1-6H3. The van der Waals surface area contributed by atoms with Gasteiger partial charge in [-0.15, -0.1) is 0 Å². The molecule has 0 aliphatic heterocycles. The highest BCUT2D eigenvalue weighted by Gasteiger charge is 2.38. The topological polar surface area (TPSA) is 104 Å². The Balaban J connectivity index is 1.66. The molecule has 1 amide bonds. The van der Waals surface area contributed by atoms with Crippen molar-refractivity contribution in [3.8, 4) is 17.2 Å². The van der Waals surface area contributed by atoms with Gasteiger partial charge in [-0.25, -0.2) is 9.59 Å². The molecular weight excluding hydrogens is 466 g/mol. The van der Waals surface area contributed by atoms with Crippen LogP contribution in [0.2, 0.25) is 0 Å². The van der Waals surface area contributed by atoms with Crippen LogP contribution in [0.25, 0.3) is 0 Å². The molecule has 9 heteroatoms. The Kier molecular flexibility index (Phi) is 9.33. The molecule has 2 aliphatic rings. The average Bonchev–Trinajstić information content (AvgIpc) is 2.84. The number of amides is 1. The number of benzene rings is 1. The molecule has 0 heterocycles. The summed E-state index contributed by atoms with van der Waals surface area (Å²) in [5.74, 6) is 0.730. The highest BCUT2D eigenvalue weighted by molar-refractivity contribution is 5.91. The first-order chi connectivity index (χ1) is 17.1. The van der Waals surface area contributed by atoms with Gasteiger partial charge in [-0.2, -0.15) is 0 Å². The van der Waals surface area contributed by atoms with Crippen LogP contribution in [0.3, 0.4) is 0 Å². The predicted molar refractivity (Wildman–Crippen MR) is 134 cm³/mol. The number of hydrogen-bond acceptors (Lipinski definition) is 8. The molecule has 3 rings (SSSR count). The predicted octanol–water partition coefficient (Wildman–Crippen LogP) is 4.72. The van der Waals surface area contributed by atoms with Gasteiger partial charge in [0, 0.05) is 12.1 Å². The van der Waals surface area contributed by atoms with E-state index in [1.54, 1.807) is 12.1 Å². The second kappa shape index (κ2) is 12.0. The highest BCUT2D eigenvalue weighted by Crippen LogP contribution is 2.39. The molecule has 0 spiro atoms. The average molecular weight is 508 g/mol. The van der Waals surface area contributed by atoms with Crippen LogP contribution in [-0.4, -0.2) is 73.3 Å². The largest absolute Gasteiger partial charge is 0.493 e. The third-order valence-electron chi connectivity index (χ3n) is 6.88. The van der Waals surface area contributed by atoms with Crippen LogP contribution in [0.1, 0.15) is 82.5 Å². The molecule has 0 atom stereocenters. The van der Waals surface area contributed by atoms with Crippen LogP contribution in [0.5, 0.6) is 17.2 Å². The first-order valence-corrected chi connectivity index (χ1v) is 12.8. The van der Waals surface area contributed by atoms with Gasteiger partial charge in [0.15, 0.2) is 11.5 Å². The van der Waals surface area contributed by atoms with E-state index in [2.05, 4.69) is 0 Å². The summed E-state index contributed by atoms with van der Waals surface area (Å²) >= 11 is 0. The zero-order chi connectivity index (χ0) is 26.5. The van der Waals surface area contributed by atoms with E-state index in [1.807, 2.05) is 25.7 Å². The number of rotatable bonds is 7. The lowest BCUT2D eigenvalue weighted by Crippen LogP contribution is -2.52. The summed E-state index contributed by atoms with van der Waals surface area (Å²) in [5.41, 5.74) is -0.265. The van der Waals surface area contributed by atoms with Crippen LogP contribution in [-0.2, 0) is 9.47 Å². The number of carbonyl (C=O) groups excluding carboxylic acids is 2. The van der Waals surface area contributed by atoms with Crippen molar-refractivity contribution in [2.45, 2.75) is 102 Å². The minimum Gasteiger partial charge on any atom is -0.493 e. The van der Waals surface area contributed by atoms with Crippen molar-refractivity contribution in [1.29, 1.82) is 0 Å². The minimum atomic E-state index is -0.587. The van der Waals surface area contributed by atoms with Gasteiger partial charge >= 0.3 is 12.1 Å². The summed E-state index contributed by atoms with van der Waals surface area (Å²) in [6.07, 6.45) is 4.77. The molecule has 1 aromatic rings. The maximum absolute atomic E-state index is 13.2. The van der Waals surface area contributed by atoms with Gasteiger partial charge in [0.1, 0.15) is 11.7 Å². The number of nitrogens with zero attached hydrogens (tertiary/aromatic N) is 1. The second-order valence-electron chi connectivity index (χ2n) is 10.6. The minimum absolute atomic E-state index is 0.0104. The van der Waals surface area contributed by atoms with Crippen molar-refractivity contribution in [3.05, 3.63) is 17.7 Å². The zero-order valence-electron chi connectivity index (χ0n) is 22.4. The molecule has 1 N–H and O–H groups in total.